The Morgan fingerprint density at radius 2 is 1.79 bits per heavy atom. The highest BCUT2D eigenvalue weighted by Gasteiger charge is 2.12. The van der Waals surface area contributed by atoms with Crippen LogP contribution in [0, 0.1) is 13.8 Å². The molecular formula is C22H20N6O. The molecule has 1 aromatic carbocycles. The number of anilines is 1. The minimum Gasteiger partial charge on any atom is -0.289 e. The van der Waals surface area contributed by atoms with Gasteiger partial charge >= 0.3 is 0 Å². The maximum atomic E-state index is 12.5. The van der Waals surface area contributed by atoms with E-state index < -0.39 is 0 Å². The van der Waals surface area contributed by atoms with Crippen molar-refractivity contribution in [1.82, 2.24) is 24.7 Å². The monoisotopic (exact) mass is 384 g/mol. The van der Waals surface area contributed by atoms with Crippen LogP contribution in [0.1, 0.15) is 32.7 Å². The van der Waals surface area contributed by atoms with Crippen LogP contribution in [0.4, 0.5) is 5.95 Å². The maximum absolute atomic E-state index is 12.5. The smallest absolute Gasteiger partial charge is 0.276 e. The zero-order chi connectivity index (χ0) is 20.2. The number of carbonyl (C=O) groups is 1. The zero-order valence-corrected chi connectivity index (χ0v) is 16.2. The van der Waals surface area contributed by atoms with Gasteiger partial charge < -0.3 is 0 Å². The lowest BCUT2D eigenvalue weighted by Crippen LogP contribution is -2.16. The minimum atomic E-state index is -0.330. The Kier molecular flexibility index (Phi) is 5.11. The molecule has 4 rings (SSSR count). The van der Waals surface area contributed by atoms with Crippen LogP contribution >= 0.6 is 0 Å². The van der Waals surface area contributed by atoms with Crippen LogP contribution in [0.5, 0.6) is 0 Å². The van der Waals surface area contributed by atoms with Crippen molar-refractivity contribution < 1.29 is 4.79 Å². The molecule has 3 aromatic heterocycles. The summed E-state index contributed by atoms with van der Waals surface area (Å²) in [7, 11) is 0. The maximum Gasteiger partial charge on any atom is 0.276 e. The molecule has 29 heavy (non-hydrogen) atoms. The van der Waals surface area contributed by atoms with Crippen molar-refractivity contribution in [1.29, 1.82) is 0 Å². The van der Waals surface area contributed by atoms with E-state index in [0.717, 1.165) is 27.9 Å². The molecule has 0 aliphatic carbocycles. The largest absolute Gasteiger partial charge is 0.289 e. The second-order valence-corrected chi connectivity index (χ2v) is 6.83. The van der Waals surface area contributed by atoms with Gasteiger partial charge in [-0.3, -0.25) is 15.1 Å². The number of benzene rings is 1. The summed E-state index contributed by atoms with van der Waals surface area (Å²) in [6, 6.07) is 11.9. The van der Waals surface area contributed by atoms with Gasteiger partial charge in [-0.25, -0.2) is 14.6 Å². The van der Waals surface area contributed by atoms with Crippen molar-refractivity contribution in [2.45, 2.75) is 20.3 Å². The van der Waals surface area contributed by atoms with Gasteiger partial charge in [0.05, 0.1) is 5.69 Å². The van der Waals surface area contributed by atoms with Crippen LogP contribution in [0.3, 0.4) is 0 Å². The van der Waals surface area contributed by atoms with Gasteiger partial charge in [-0.05, 0) is 66.8 Å². The zero-order valence-electron chi connectivity index (χ0n) is 16.2. The SMILES string of the molecule is Cc1cnc(NC(=O)c2cc(Cc3ccc(-n4cccn4)cc3)c(C)cn2)nc1. The van der Waals surface area contributed by atoms with E-state index in [2.05, 4.69) is 37.5 Å². The van der Waals surface area contributed by atoms with Crippen molar-refractivity contribution in [3.05, 3.63) is 95.3 Å². The van der Waals surface area contributed by atoms with Crippen molar-refractivity contribution in [3.8, 4) is 5.69 Å². The molecule has 1 N–H and O–H groups in total. The Morgan fingerprint density at radius 1 is 1.03 bits per heavy atom. The molecule has 3 heterocycles. The van der Waals surface area contributed by atoms with Crippen LogP contribution in [0.2, 0.25) is 0 Å². The molecule has 0 unspecified atom stereocenters. The van der Waals surface area contributed by atoms with Gasteiger partial charge in [0, 0.05) is 31.0 Å². The number of aromatic nitrogens is 5. The summed E-state index contributed by atoms with van der Waals surface area (Å²) >= 11 is 0. The summed E-state index contributed by atoms with van der Waals surface area (Å²) in [5.74, 6) is -0.0668. The number of rotatable bonds is 5. The third-order valence-corrected chi connectivity index (χ3v) is 4.55. The predicted octanol–water partition coefficient (Wildman–Crippen LogP) is 3.52. The number of pyridine rings is 1. The Labute approximate surface area is 168 Å². The highest BCUT2D eigenvalue weighted by molar-refractivity contribution is 6.01. The number of aryl methyl sites for hydroxylation is 2. The second kappa shape index (κ2) is 8.02. The Bertz CT molecular complexity index is 1120. The van der Waals surface area contributed by atoms with Crippen molar-refractivity contribution in [2.24, 2.45) is 0 Å². The fourth-order valence-corrected chi connectivity index (χ4v) is 2.91. The third kappa shape index (κ3) is 4.35. The fourth-order valence-electron chi connectivity index (χ4n) is 2.91. The second-order valence-electron chi connectivity index (χ2n) is 6.83. The number of hydrogen-bond acceptors (Lipinski definition) is 5. The van der Waals surface area contributed by atoms with E-state index in [9.17, 15) is 4.79 Å². The highest BCUT2D eigenvalue weighted by atomic mass is 16.2. The lowest BCUT2D eigenvalue weighted by Gasteiger charge is -2.09. The summed E-state index contributed by atoms with van der Waals surface area (Å²) < 4.78 is 1.82. The summed E-state index contributed by atoms with van der Waals surface area (Å²) in [4.78, 5) is 25.0. The topological polar surface area (TPSA) is 85.6 Å². The van der Waals surface area contributed by atoms with Gasteiger partial charge in [-0.15, -0.1) is 0 Å². The van der Waals surface area contributed by atoms with Gasteiger partial charge in [0.2, 0.25) is 5.95 Å². The van der Waals surface area contributed by atoms with Gasteiger partial charge in [-0.1, -0.05) is 12.1 Å². The summed E-state index contributed by atoms with van der Waals surface area (Å²) in [5.41, 5.74) is 5.48. The van der Waals surface area contributed by atoms with Crippen LogP contribution in [0.15, 0.2) is 67.4 Å². The van der Waals surface area contributed by atoms with E-state index in [4.69, 9.17) is 0 Å². The lowest BCUT2D eigenvalue weighted by atomic mass is 10.0. The molecule has 0 radical (unpaired) electrons. The normalized spacial score (nSPS) is 10.7. The molecule has 0 bridgehead atoms. The average Bonchev–Trinajstić information content (AvgIpc) is 3.27. The number of carbonyl (C=O) groups excluding carboxylic acids is 1. The Balaban J connectivity index is 1.50. The fraction of sp³-hybridized carbons (Fsp3) is 0.136. The summed E-state index contributed by atoms with van der Waals surface area (Å²) in [6.07, 6.45) is 9.40. The molecule has 7 nitrogen and oxygen atoms in total. The van der Waals surface area contributed by atoms with E-state index in [1.165, 1.54) is 0 Å². The van der Waals surface area contributed by atoms with Crippen molar-refractivity contribution in [3.63, 3.8) is 0 Å². The molecule has 0 fully saturated rings. The molecule has 0 aliphatic heterocycles. The molecule has 1 amide bonds. The highest BCUT2D eigenvalue weighted by Crippen LogP contribution is 2.17. The summed E-state index contributed by atoms with van der Waals surface area (Å²) in [5, 5.41) is 6.92. The number of amides is 1. The lowest BCUT2D eigenvalue weighted by molar-refractivity contribution is 0.102. The first kappa shape index (κ1) is 18.5. The number of nitrogens with zero attached hydrogens (tertiary/aromatic N) is 5. The first-order valence-corrected chi connectivity index (χ1v) is 9.23. The van der Waals surface area contributed by atoms with Gasteiger partial charge in [0.1, 0.15) is 5.69 Å². The Morgan fingerprint density at radius 3 is 2.48 bits per heavy atom. The van der Waals surface area contributed by atoms with Gasteiger partial charge in [-0.2, -0.15) is 5.10 Å². The quantitative estimate of drug-likeness (QED) is 0.569. The molecule has 0 spiro atoms. The predicted molar refractivity (Wildman–Crippen MR) is 110 cm³/mol. The first-order valence-electron chi connectivity index (χ1n) is 9.23. The number of nitrogens with one attached hydrogen (secondary N) is 1. The van der Waals surface area contributed by atoms with Gasteiger partial charge in [0.25, 0.3) is 5.91 Å². The standard InChI is InChI=1S/C22H20N6O/c1-15-12-24-22(25-13-15)27-21(29)20-11-18(16(2)14-23-20)10-17-4-6-19(7-5-17)28-9-3-8-26-28/h3-9,11-14H,10H2,1-2H3,(H,24,25,27,29). The summed E-state index contributed by atoms with van der Waals surface area (Å²) in [6.45, 7) is 3.88. The molecule has 0 saturated heterocycles. The molecule has 0 aliphatic rings. The molecule has 4 aromatic rings. The molecule has 7 heteroatoms. The molecule has 144 valence electrons. The minimum absolute atomic E-state index is 0.263. The molecule has 0 atom stereocenters. The molecular weight excluding hydrogens is 364 g/mol. The van der Waals surface area contributed by atoms with Crippen LogP contribution in [0.25, 0.3) is 5.69 Å². The van der Waals surface area contributed by atoms with Crippen LogP contribution in [-0.4, -0.2) is 30.6 Å². The Hall–Kier alpha value is -3.87. The van der Waals surface area contributed by atoms with Crippen molar-refractivity contribution in [2.75, 3.05) is 5.32 Å². The number of hydrogen-bond donors (Lipinski definition) is 1. The average molecular weight is 384 g/mol. The van der Waals surface area contributed by atoms with Crippen molar-refractivity contribution >= 4 is 11.9 Å². The van der Waals surface area contributed by atoms with Crippen LogP contribution < -0.4 is 5.32 Å². The van der Waals surface area contributed by atoms with E-state index in [-0.39, 0.29) is 11.9 Å². The van der Waals surface area contributed by atoms with E-state index in [1.807, 2.05) is 49.0 Å². The third-order valence-electron chi connectivity index (χ3n) is 4.55. The van der Waals surface area contributed by atoms with Crippen LogP contribution in [-0.2, 0) is 6.42 Å². The van der Waals surface area contributed by atoms with E-state index in [0.29, 0.717) is 12.1 Å². The van der Waals surface area contributed by atoms with E-state index in [1.54, 1.807) is 24.8 Å². The molecule has 0 saturated carbocycles. The van der Waals surface area contributed by atoms with Gasteiger partial charge in [0.15, 0.2) is 0 Å². The first-order chi connectivity index (χ1) is 14.1. The van der Waals surface area contributed by atoms with E-state index >= 15 is 0 Å².